The number of benzene rings is 1. The molecule has 0 saturated heterocycles. The molecule has 2 N–H and O–H groups in total. The van der Waals surface area contributed by atoms with Crippen molar-refractivity contribution in [3.8, 4) is 0 Å². The monoisotopic (exact) mass is 295 g/mol. The lowest BCUT2D eigenvalue weighted by Gasteiger charge is -2.03. The first kappa shape index (κ1) is 11.4. The summed E-state index contributed by atoms with van der Waals surface area (Å²) in [7, 11) is 0. The highest BCUT2D eigenvalue weighted by molar-refractivity contribution is 9.10. The van der Waals surface area contributed by atoms with E-state index in [0.717, 1.165) is 14.4 Å². The van der Waals surface area contributed by atoms with E-state index in [-0.39, 0.29) is 0 Å². The summed E-state index contributed by atoms with van der Waals surface area (Å²) in [5.74, 6) is 1.20. The Balaban J connectivity index is 2.27. The zero-order chi connectivity index (χ0) is 11.5. The van der Waals surface area contributed by atoms with E-state index in [1.165, 1.54) is 0 Å². The summed E-state index contributed by atoms with van der Waals surface area (Å²) >= 11 is 5.00. The summed E-state index contributed by atoms with van der Waals surface area (Å²) in [6.07, 6.45) is 0. The van der Waals surface area contributed by atoms with Crippen LogP contribution in [-0.4, -0.2) is 9.97 Å². The molecule has 0 fully saturated rings. The predicted octanol–water partition coefficient (Wildman–Crippen LogP) is 3.28. The Labute approximate surface area is 107 Å². The molecule has 1 aromatic heterocycles. The van der Waals surface area contributed by atoms with Crippen molar-refractivity contribution < 1.29 is 0 Å². The van der Waals surface area contributed by atoms with Crippen LogP contribution in [0.25, 0.3) is 0 Å². The lowest BCUT2D eigenvalue weighted by Crippen LogP contribution is -1.96. The maximum Gasteiger partial charge on any atom is 0.128 e. The standard InChI is InChI=1S/C11H10BrN3S/c1-7-14-10(13)6-11(15-7)16-9-4-2-3-8(12)5-9/h2-6H,1H3,(H2,13,14,15). The van der Waals surface area contributed by atoms with Gasteiger partial charge in [-0.2, -0.15) is 0 Å². The fraction of sp³-hybridized carbons (Fsp3) is 0.0909. The number of nitrogens with two attached hydrogens (primary N) is 1. The Morgan fingerprint density at radius 1 is 1.25 bits per heavy atom. The number of nitrogen functional groups attached to an aromatic ring is 1. The molecule has 0 atom stereocenters. The average Bonchev–Trinajstić information content (AvgIpc) is 2.15. The number of anilines is 1. The first-order valence-corrected chi connectivity index (χ1v) is 6.29. The molecular weight excluding hydrogens is 286 g/mol. The van der Waals surface area contributed by atoms with Gasteiger partial charge in [-0.3, -0.25) is 0 Å². The SMILES string of the molecule is Cc1nc(N)cc(Sc2cccc(Br)c2)n1. The van der Waals surface area contributed by atoms with Crippen LogP contribution in [0.15, 0.2) is 44.7 Å². The van der Waals surface area contributed by atoms with Crippen molar-refractivity contribution in [3.63, 3.8) is 0 Å². The molecule has 1 aromatic carbocycles. The van der Waals surface area contributed by atoms with Crippen molar-refractivity contribution in [2.75, 3.05) is 5.73 Å². The van der Waals surface area contributed by atoms with Crippen LogP contribution in [0.1, 0.15) is 5.82 Å². The normalized spacial score (nSPS) is 10.4. The van der Waals surface area contributed by atoms with Gasteiger partial charge in [0.05, 0.1) is 0 Å². The van der Waals surface area contributed by atoms with Crippen LogP contribution in [0, 0.1) is 6.92 Å². The van der Waals surface area contributed by atoms with E-state index in [2.05, 4.69) is 25.9 Å². The van der Waals surface area contributed by atoms with Crippen molar-refractivity contribution in [3.05, 3.63) is 40.6 Å². The molecular formula is C11H10BrN3S. The van der Waals surface area contributed by atoms with Gasteiger partial charge in [0, 0.05) is 15.4 Å². The Kier molecular flexibility index (Phi) is 3.46. The molecule has 0 saturated carbocycles. The average molecular weight is 296 g/mol. The number of hydrogen-bond acceptors (Lipinski definition) is 4. The van der Waals surface area contributed by atoms with E-state index >= 15 is 0 Å². The number of rotatable bonds is 2. The molecule has 0 spiro atoms. The van der Waals surface area contributed by atoms with Gasteiger partial charge in [0.2, 0.25) is 0 Å². The Morgan fingerprint density at radius 3 is 2.75 bits per heavy atom. The van der Waals surface area contributed by atoms with Gasteiger partial charge >= 0.3 is 0 Å². The predicted molar refractivity (Wildman–Crippen MR) is 69.4 cm³/mol. The van der Waals surface area contributed by atoms with Gasteiger partial charge in [-0.25, -0.2) is 9.97 Å². The number of halogens is 1. The molecule has 5 heteroatoms. The topological polar surface area (TPSA) is 51.8 Å². The highest BCUT2D eigenvalue weighted by atomic mass is 79.9. The summed E-state index contributed by atoms with van der Waals surface area (Å²) < 4.78 is 1.05. The van der Waals surface area contributed by atoms with Gasteiger partial charge in [-0.1, -0.05) is 33.8 Å². The van der Waals surface area contributed by atoms with E-state index in [1.54, 1.807) is 17.8 Å². The van der Waals surface area contributed by atoms with E-state index in [4.69, 9.17) is 5.73 Å². The molecule has 0 aliphatic rings. The Morgan fingerprint density at radius 2 is 2.06 bits per heavy atom. The number of nitrogens with zero attached hydrogens (tertiary/aromatic N) is 2. The summed E-state index contributed by atoms with van der Waals surface area (Å²) in [4.78, 5) is 9.47. The third-order valence-electron chi connectivity index (χ3n) is 1.85. The molecule has 0 aliphatic carbocycles. The molecule has 0 radical (unpaired) electrons. The van der Waals surface area contributed by atoms with Crippen molar-refractivity contribution in [1.29, 1.82) is 0 Å². The molecule has 0 amide bonds. The fourth-order valence-corrected chi connectivity index (χ4v) is 2.75. The fourth-order valence-electron chi connectivity index (χ4n) is 1.27. The maximum atomic E-state index is 5.67. The van der Waals surface area contributed by atoms with Crippen LogP contribution in [0.2, 0.25) is 0 Å². The summed E-state index contributed by atoms with van der Waals surface area (Å²) in [6.45, 7) is 1.83. The van der Waals surface area contributed by atoms with Crippen LogP contribution in [0.4, 0.5) is 5.82 Å². The molecule has 0 bridgehead atoms. The van der Waals surface area contributed by atoms with Gasteiger partial charge in [-0.05, 0) is 25.1 Å². The lowest BCUT2D eigenvalue weighted by atomic mass is 10.4. The van der Waals surface area contributed by atoms with Gasteiger partial charge in [0.25, 0.3) is 0 Å². The Bertz CT molecular complexity index is 496. The molecule has 2 aromatic rings. The molecule has 2 rings (SSSR count). The van der Waals surface area contributed by atoms with Crippen LogP contribution in [-0.2, 0) is 0 Å². The molecule has 0 aliphatic heterocycles. The van der Waals surface area contributed by atoms with Crippen LogP contribution < -0.4 is 5.73 Å². The smallest absolute Gasteiger partial charge is 0.128 e. The van der Waals surface area contributed by atoms with Crippen molar-refractivity contribution in [2.24, 2.45) is 0 Å². The molecule has 16 heavy (non-hydrogen) atoms. The van der Waals surface area contributed by atoms with Crippen molar-refractivity contribution in [2.45, 2.75) is 16.8 Å². The minimum Gasteiger partial charge on any atom is -0.384 e. The minimum absolute atomic E-state index is 0.505. The first-order chi connectivity index (χ1) is 7.63. The third kappa shape index (κ3) is 2.96. The molecule has 82 valence electrons. The molecule has 0 unspecified atom stereocenters. The summed E-state index contributed by atoms with van der Waals surface area (Å²) in [6, 6.07) is 9.83. The maximum absolute atomic E-state index is 5.67. The number of hydrogen-bond donors (Lipinski definition) is 1. The van der Waals surface area contributed by atoms with E-state index in [0.29, 0.717) is 11.6 Å². The van der Waals surface area contributed by atoms with Gasteiger partial charge < -0.3 is 5.73 Å². The largest absolute Gasteiger partial charge is 0.384 e. The summed E-state index contributed by atoms with van der Waals surface area (Å²) in [5, 5.41) is 0.864. The van der Waals surface area contributed by atoms with E-state index in [9.17, 15) is 0 Å². The first-order valence-electron chi connectivity index (χ1n) is 4.68. The van der Waals surface area contributed by atoms with Crippen LogP contribution >= 0.6 is 27.7 Å². The Hall–Kier alpha value is -1.07. The van der Waals surface area contributed by atoms with Gasteiger partial charge in [0.15, 0.2) is 0 Å². The quantitative estimate of drug-likeness (QED) is 0.864. The second-order valence-corrected chi connectivity index (χ2v) is 5.25. The van der Waals surface area contributed by atoms with Crippen molar-refractivity contribution in [1.82, 2.24) is 9.97 Å². The summed E-state index contributed by atoms with van der Waals surface area (Å²) in [5.41, 5.74) is 5.67. The van der Waals surface area contributed by atoms with Crippen molar-refractivity contribution >= 4 is 33.5 Å². The van der Waals surface area contributed by atoms with Crippen LogP contribution in [0.5, 0.6) is 0 Å². The third-order valence-corrected chi connectivity index (χ3v) is 3.25. The molecule has 3 nitrogen and oxygen atoms in total. The lowest BCUT2D eigenvalue weighted by molar-refractivity contribution is 0.975. The van der Waals surface area contributed by atoms with Crippen LogP contribution in [0.3, 0.4) is 0 Å². The zero-order valence-electron chi connectivity index (χ0n) is 8.64. The zero-order valence-corrected chi connectivity index (χ0v) is 11.0. The second kappa shape index (κ2) is 4.84. The number of aromatic nitrogens is 2. The van der Waals surface area contributed by atoms with Gasteiger partial charge in [-0.15, -0.1) is 0 Å². The van der Waals surface area contributed by atoms with E-state index < -0.39 is 0 Å². The minimum atomic E-state index is 0.505. The second-order valence-electron chi connectivity index (χ2n) is 3.24. The number of aryl methyl sites for hydroxylation is 1. The van der Waals surface area contributed by atoms with E-state index in [1.807, 2.05) is 31.2 Å². The highest BCUT2D eigenvalue weighted by Gasteiger charge is 2.02. The highest BCUT2D eigenvalue weighted by Crippen LogP contribution is 2.28. The molecule has 1 heterocycles. The van der Waals surface area contributed by atoms with Gasteiger partial charge in [0.1, 0.15) is 16.7 Å².